The van der Waals surface area contributed by atoms with Crippen LogP contribution in [0, 0.1) is 0 Å². The van der Waals surface area contributed by atoms with Gasteiger partial charge in [-0.2, -0.15) is 0 Å². The fourth-order valence-electron chi connectivity index (χ4n) is 2.36. The van der Waals surface area contributed by atoms with E-state index in [-0.39, 0.29) is 0 Å². The van der Waals surface area contributed by atoms with Crippen molar-refractivity contribution in [2.75, 3.05) is 7.11 Å². The summed E-state index contributed by atoms with van der Waals surface area (Å²) in [5, 5.41) is 2.60. The van der Waals surface area contributed by atoms with Crippen LogP contribution in [0.5, 0.6) is 0 Å². The lowest BCUT2D eigenvalue weighted by molar-refractivity contribution is -0.143. The first-order valence-electron chi connectivity index (χ1n) is 8.98. The first-order valence-corrected chi connectivity index (χ1v) is 8.98. The molecule has 0 aliphatic carbocycles. The molecule has 0 rings (SSSR count). The summed E-state index contributed by atoms with van der Waals surface area (Å²) in [6.45, 7) is 9.08. The Morgan fingerprint density at radius 1 is 1.04 bits per heavy atom. The van der Waals surface area contributed by atoms with Gasteiger partial charge >= 0.3 is 12.1 Å². The molecule has 0 aromatic carbocycles. The molecule has 5 heteroatoms. The van der Waals surface area contributed by atoms with E-state index in [9.17, 15) is 9.59 Å². The molecule has 0 aromatic rings. The van der Waals surface area contributed by atoms with Crippen LogP contribution in [-0.2, 0) is 14.3 Å². The van der Waals surface area contributed by atoms with Crippen molar-refractivity contribution in [3.63, 3.8) is 0 Å². The molecular weight excluding hydrogens is 306 g/mol. The zero-order valence-electron chi connectivity index (χ0n) is 15.9. The standard InChI is InChI=1S/C19H35NO4/c1-6-7-8-9-10-11-12-13-14-15-16(17(21)23-5)20-18(22)24-19(2,3)4/h6,16H,1,7-15H2,2-5H3,(H,20,22)/t16-/m0/s1. The number of ether oxygens (including phenoxy) is 2. The lowest BCUT2D eigenvalue weighted by Gasteiger charge is -2.22. The second-order valence-corrected chi connectivity index (χ2v) is 7.06. The van der Waals surface area contributed by atoms with Crippen LogP contribution in [0.4, 0.5) is 4.79 Å². The first kappa shape index (κ1) is 22.5. The number of hydrogen-bond acceptors (Lipinski definition) is 4. The number of hydrogen-bond donors (Lipinski definition) is 1. The molecule has 0 unspecified atom stereocenters. The van der Waals surface area contributed by atoms with E-state index >= 15 is 0 Å². The smallest absolute Gasteiger partial charge is 0.408 e. The van der Waals surface area contributed by atoms with Gasteiger partial charge in [-0.25, -0.2) is 9.59 Å². The quantitative estimate of drug-likeness (QED) is 0.316. The first-order chi connectivity index (χ1) is 11.3. The van der Waals surface area contributed by atoms with Gasteiger partial charge in [0.05, 0.1) is 7.11 Å². The zero-order chi connectivity index (χ0) is 18.4. The van der Waals surface area contributed by atoms with E-state index in [0.717, 1.165) is 25.7 Å². The molecule has 0 radical (unpaired) electrons. The molecule has 0 aliphatic heterocycles. The number of carbonyl (C=O) groups is 2. The lowest BCUT2D eigenvalue weighted by Crippen LogP contribution is -2.44. The molecule has 0 spiro atoms. The maximum atomic E-state index is 11.8. The van der Waals surface area contributed by atoms with E-state index in [1.54, 1.807) is 20.8 Å². The Kier molecular flexibility index (Phi) is 12.0. The highest BCUT2D eigenvalue weighted by Gasteiger charge is 2.24. The number of carbonyl (C=O) groups excluding carboxylic acids is 2. The van der Waals surface area contributed by atoms with Crippen LogP contribution in [0.3, 0.4) is 0 Å². The number of esters is 1. The van der Waals surface area contributed by atoms with Crippen LogP contribution >= 0.6 is 0 Å². The molecule has 0 saturated heterocycles. The summed E-state index contributed by atoms with van der Waals surface area (Å²) >= 11 is 0. The predicted octanol–water partition coefficient (Wildman–Crippen LogP) is 4.75. The van der Waals surface area contributed by atoms with Gasteiger partial charge < -0.3 is 14.8 Å². The monoisotopic (exact) mass is 341 g/mol. The summed E-state index contributed by atoms with van der Waals surface area (Å²) in [5.41, 5.74) is -0.587. The maximum absolute atomic E-state index is 11.8. The lowest BCUT2D eigenvalue weighted by atomic mass is 10.0. The Morgan fingerprint density at radius 2 is 1.58 bits per heavy atom. The van der Waals surface area contributed by atoms with Crippen LogP contribution in [-0.4, -0.2) is 30.8 Å². The highest BCUT2D eigenvalue weighted by atomic mass is 16.6. The zero-order valence-corrected chi connectivity index (χ0v) is 15.9. The highest BCUT2D eigenvalue weighted by Crippen LogP contribution is 2.12. The third-order valence-corrected chi connectivity index (χ3v) is 3.58. The molecule has 0 aliphatic rings. The molecule has 0 heterocycles. The van der Waals surface area contributed by atoms with Gasteiger partial charge in [0.1, 0.15) is 11.6 Å². The number of nitrogens with one attached hydrogen (secondary N) is 1. The number of amides is 1. The van der Waals surface area contributed by atoms with E-state index in [0.29, 0.717) is 6.42 Å². The Labute approximate surface area is 147 Å². The largest absolute Gasteiger partial charge is 0.467 e. The number of methoxy groups -OCH3 is 1. The Balaban J connectivity index is 3.98. The summed E-state index contributed by atoms with van der Waals surface area (Å²) in [5.74, 6) is -0.426. The van der Waals surface area contributed by atoms with Gasteiger partial charge in [-0.1, -0.05) is 44.6 Å². The van der Waals surface area contributed by atoms with Gasteiger partial charge in [0.2, 0.25) is 0 Å². The molecule has 140 valence electrons. The van der Waals surface area contributed by atoms with Crippen LogP contribution in [0.2, 0.25) is 0 Å². The highest BCUT2D eigenvalue weighted by molar-refractivity contribution is 5.81. The van der Waals surface area contributed by atoms with Crippen LogP contribution in [0.15, 0.2) is 12.7 Å². The van der Waals surface area contributed by atoms with Gasteiger partial charge in [-0.15, -0.1) is 6.58 Å². The molecule has 0 saturated carbocycles. The minimum absolute atomic E-state index is 0.426. The Morgan fingerprint density at radius 3 is 2.08 bits per heavy atom. The van der Waals surface area contributed by atoms with Gasteiger partial charge in [0.25, 0.3) is 0 Å². The van der Waals surface area contributed by atoms with Crippen molar-refractivity contribution in [3.05, 3.63) is 12.7 Å². The summed E-state index contributed by atoms with van der Waals surface area (Å²) in [6, 6.07) is -0.641. The molecule has 1 amide bonds. The third kappa shape index (κ3) is 13.0. The fraction of sp³-hybridized carbons (Fsp3) is 0.789. The summed E-state index contributed by atoms with van der Waals surface area (Å²) in [4.78, 5) is 23.6. The number of alkyl carbamates (subject to hydrolysis) is 1. The average Bonchev–Trinajstić information content (AvgIpc) is 2.49. The second kappa shape index (κ2) is 12.8. The van der Waals surface area contributed by atoms with E-state index in [1.165, 1.54) is 32.8 Å². The molecule has 1 N–H and O–H groups in total. The topological polar surface area (TPSA) is 64.6 Å². The van der Waals surface area contributed by atoms with E-state index in [2.05, 4.69) is 11.9 Å². The molecule has 0 aromatic heterocycles. The number of rotatable bonds is 12. The minimum Gasteiger partial charge on any atom is -0.467 e. The van der Waals surface area contributed by atoms with E-state index in [4.69, 9.17) is 9.47 Å². The van der Waals surface area contributed by atoms with Crippen molar-refractivity contribution in [3.8, 4) is 0 Å². The van der Waals surface area contributed by atoms with Crippen molar-refractivity contribution in [2.45, 2.75) is 90.2 Å². The average molecular weight is 341 g/mol. The van der Waals surface area contributed by atoms with Crippen LogP contribution in [0.25, 0.3) is 0 Å². The fourth-order valence-corrected chi connectivity index (χ4v) is 2.36. The normalized spacial score (nSPS) is 12.3. The number of allylic oxidation sites excluding steroid dienone is 1. The SMILES string of the molecule is C=CCCCCCCCCC[C@H](NC(=O)OC(C)(C)C)C(=O)OC. The Bertz CT molecular complexity index is 374. The van der Waals surface area contributed by atoms with Gasteiger partial charge in [-0.05, 0) is 40.0 Å². The summed E-state index contributed by atoms with van der Waals surface area (Å²) in [6.07, 6.45) is 11.0. The second-order valence-electron chi connectivity index (χ2n) is 7.06. The number of unbranched alkanes of at least 4 members (excludes halogenated alkanes) is 7. The minimum atomic E-state index is -0.641. The molecular formula is C19H35NO4. The summed E-state index contributed by atoms with van der Waals surface area (Å²) in [7, 11) is 1.33. The van der Waals surface area contributed by atoms with Crippen molar-refractivity contribution in [1.82, 2.24) is 5.32 Å². The van der Waals surface area contributed by atoms with Crippen molar-refractivity contribution >= 4 is 12.1 Å². The van der Waals surface area contributed by atoms with Gasteiger partial charge in [-0.3, -0.25) is 0 Å². The molecule has 0 fully saturated rings. The van der Waals surface area contributed by atoms with E-state index in [1.807, 2.05) is 6.08 Å². The van der Waals surface area contributed by atoms with Gasteiger partial charge in [0.15, 0.2) is 0 Å². The van der Waals surface area contributed by atoms with Gasteiger partial charge in [0, 0.05) is 0 Å². The third-order valence-electron chi connectivity index (χ3n) is 3.58. The summed E-state index contributed by atoms with van der Waals surface area (Å²) < 4.78 is 9.95. The molecule has 24 heavy (non-hydrogen) atoms. The van der Waals surface area contributed by atoms with Crippen molar-refractivity contribution < 1.29 is 19.1 Å². The van der Waals surface area contributed by atoms with Crippen molar-refractivity contribution in [1.29, 1.82) is 0 Å². The predicted molar refractivity (Wildman–Crippen MR) is 96.9 cm³/mol. The maximum Gasteiger partial charge on any atom is 0.408 e. The molecule has 1 atom stereocenters. The van der Waals surface area contributed by atoms with Crippen LogP contribution in [0.1, 0.15) is 78.6 Å². The van der Waals surface area contributed by atoms with E-state index < -0.39 is 23.7 Å². The van der Waals surface area contributed by atoms with Crippen LogP contribution < -0.4 is 5.32 Å². The molecule has 0 bridgehead atoms. The Hall–Kier alpha value is -1.52. The molecule has 5 nitrogen and oxygen atoms in total. The van der Waals surface area contributed by atoms with Crippen molar-refractivity contribution in [2.24, 2.45) is 0 Å².